The lowest BCUT2D eigenvalue weighted by molar-refractivity contribution is -0.155. The van der Waals surface area contributed by atoms with Crippen LogP contribution in [0.1, 0.15) is 45.2 Å². The van der Waals surface area contributed by atoms with Gasteiger partial charge in [0.2, 0.25) is 0 Å². The molecule has 0 saturated heterocycles. The highest BCUT2D eigenvalue weighted by molar-refractivity contribution is 5.77. The van der Waals surface area contributed by atoms with Crippen LogP contribution in [-0.2, 0) is 4.79 Å². The Kier molecular flexibility index (Phi) is 7.98. The van der Waals surface area contributed by atoms with Gasteiger partial charge >= 0.3 is 12.2 Å². The van der Waals surface area contributed by atoms with Gasteiger partial charge in [-0.3, -0.25) is 0 Å². The first-order valence-electron chi connectivity index (χ1n) is 11.2. The molecule has 0 aliphatic carbocycles. The number of amides is 2. The van der Waals surface area contributed by atoms with Crippen molar-refractivity contribution in [2.45, 2.75) is 51.9 Å². The van der Waals surface area contributed by atoms with Crippen molar-refractivity contribution in [1.82, 2.24) is 24.6 Å². The Morgan fingerprint density at radius 1 is 1.29 bits per heavy atom. The van der Waals surface area contributed by atoms with Crippen molar-refractivity contribution in [1.29, 1.82) is 0 Å². The van der Waals surface area contributed by atoms with E-state index in [0.717, 1.165) is 11.1 Å². The van der Waals surface area contributed by atoms with E-state index in [0.29, 0.717) is 17.2 Å². The topological polar surface area (TPSA) is 88.8 Å². The molecule has 35 heavy (non-hydrogen) atoms. The second kappa shape index (κ2) is 10.7. The van der Waals surface area contributed by atoms with E-state index in [1.54, 1.807) is 49.0 Å². The minimum absolute atomic E-state index is 0.182. The smallest absolute Gasteiger partial charge is 0.408 e. The number of Topliss-reactive ketones (excluding diaryl/α,β-unsaturated/α-hetero) is 1. The number of hydrogen-bond donors (Lipinski definition) is 1. The Bertz CT molecular complexity index is 1190. The third-order valence-electron chi connectivity index (χ3n) is 5.75. The molecular weight excluding hydrogens is 463 g/mol. The van der Waals surface area contributed by atoms with Crippen LogP contribution < -0.4 is 10.1 Å². The second-order valence-corrected chi connectivity index (χ2v) is 8.17. The molecule has 1 unspecified atom stereocenters. The highest BCUT2D eigenvalue weighted by Crippen LogP contribution is 2.29. The van der Waals surface area contributed by atoms with Crippen LogP contribution in [0.25, 0.3) is 16.9 Å². The van der Waals surface area contributed by atoms with Crippen LogP contribution in [0.15, 0.2) is 42.9 Å². The number of rotatable bonds is 9. The molecular formula is C24H28F3N5O3. The summed E-state index contributed by atoms with van der Waals surface area (Å²) in [4.78, 5) is 34.1. The van der Waals surface area contributed by atoms with Crippen LogP contribution >= 0.6 is 0 Å². The first-order chi connectivity index (χ1) is 16.5. The summed E-state index contributed by atoms with van der Waals surface area (Å²) in [6, 6.07) is 3.79. The van der Waals surface area contributed by atoms with Crippen LogP contribution in [0.2, 0.25) is 0 Å². The molecule has 0 saturated carbocycles. The number of benzene rings is 1. The van der Waals surface area contributed by atoms with Gasteiger partial charge in [-0.15, -0.1) is 0 Å². The summed E-state index contributed by atoms with van der Waals surface area (Å²) in [5, 5.41) is 2.06. The molecule has 0 radical (unpaired) electrons. The van der Waals surface area contributed by atoms with Crippen LogP contribution in [0.4, 0.5) is 18.0 Å². The Balaban J connectivity index is 1.85. The lowest BCUT2D eigenvalue weighted by atomic mass is 10.0. The number of fused-ring (bicyclic) bond motifs is 1. The summed E-state index contributed by atoms with van der Waals surface area (Å²) >= 11 is 0. The number of alkyl halides is 3. The number of ether oxygens (including phenoxy) is 1. The summed E-state index contributed by atoms with van der Waals surface area (Å²) in [6.45, 7) is 4.84. The fraction of sp³-hybridized carbons (Fsp3) is 0.417. The molecule has 8 nitrogen and oxygen atoms in total. The van der Waals surface area contributed by atoms with Crippen molar-refractivity contribution in [3.63, 3.8) is 0 Å². The van der Waals surface area contributed by atoms with Crippen molar-refractivity contribution in [3.8, 4) is 17.1 Å². The van der Waals surface area contributed by atoms with Gasteiger partial charge in [-0.25, -0.2) is 14.8 Å². The molecule has 0 aliphatic heterocycles. The van der Waals surface area contributed by atoms with Crippen LogP contribution in [0, 0.1) is 0 Å². The quantitative estimate of drug-likeness (QED) is 0.465. The number of nitrogens with zero attached hydrogens (tertiary/aromatic N) is 4. The van der Waals surface area contributed by atoms with E-state index < -0.39 is 30.7 Å². The van der Waals surface area contributed by atoms with Gasteiger partial charge in [0.05, 0.1) is 18.8 Å². The summed E-state index contributed by atoms with van der Waals surface area (Å²) in [5.74, 6) is -0.0191. The molecule has 11 heteroatoms. The zero-order chi connectivity index (χ0) is 25.8. The third-order valence-corrected chi connectivity index (χ3v) is 5.75. The summed E-state index contributed by atoms with van der Waals surface area (Å²) in [5.41, 5.74) is 2.64. The Labute approximate surface area is 201 Å². The molecule has 2 heterocycles. The highest BCUT2D eigenvalue weighted by atomic mass is 19.4. The number of imidazole rings is 1. The van der Waals surface area contributed by atoms with Gasteiger partial charge in [-0.2, -0.15) is 13.2 Å². The number of urea groups is 1. The van der Waals surface area contributed by atoms with E-state index >= 15 is 0 Å². The van der Waals surface area contributed by atoms with Gasteiger partial charge in [-0.1, -0.05) is 18.2 Å². The average Bonchev–Trinajstić information content (AvgIpc) is 3.29. The standard InChI is InChI=1S/C24H28F3N5O3/c1-5-32(23(34)30-20(24(25,26)27)10-9-15(2)33)16(3)17-7-6-8-18(13-17)19-14-31-12-11-28-21(31)22(29-19)35-4/h6-8,11-14,16,20H,5,9-10H2,1-4H3,(H,30,34)/t16-,20?/m1/s1. The molecule has 3 aromatic rings. The zero-order valence-electron chi connectivity index (χ0n) is 20.0. The number of methoxy groups -OCH3 is 1. The molecule has 2 aromatic heterocycles. The fourth-order valence-corrected chi connectivity index (χ4v) is 3.81. The minimum atomic E-state index is -4.66. The maximum atomic E-state index is 13.4. The SMILES string of the molecule is CCN(C(=O)NC(CCC(C)=O)C(F)(F)F)[C@H](C)c1cccc(-c2cn3ccnc3c(OC)n2)c1. The number of ketones is 1. The van der Waals surface area contributed by atoms with Gasteiger partial charge in [0.1, 0.15) is 11.8 Å². The summed E-state index contributed by atoms with van der Waals surface area (Å²) in [6.07, 6.45) is -0.250. The van der Waals surface area contributed by atoms with Gasteiger partial charge in [0.25, 0.3) is 5.88 Å². The lowest BCUT2D eigenvalue weighted by Gasteiger charge is -2.31. The van der Waals surface area contributed by atoms with Crippen molar-refractivity contribution < 1.29 is 27.5 Å². The van der Waals surface area contributed by atoms with E-state index in [2.05, 4.69) is 15.3 Å². The minimum Gasteiger partial charge on any atom is -0.478 e. The lowest BCUT2D eigenvalue weighted by Crippen LogP contribution is -2.51. The molecule has 1 aromatic carbocycles. The predicted octanol–water partition coefficient (Wildman–Crippen LogP) is 4.80. The number of nitrogens with one attached hydrogen (secondary N) is 1. The monoisotopic (exact) mass is 491 g/mol. The third kappa shape index (κ3) is 6.09. The Morgan fingerprint density at radius 2 is 2.03 bits per heavy atom. The summed E-state index contributed by atoms with van der Waals surface area (Å²) in [7, 11) is 1.50. The molecule has 0 bridgehead atoms. The van der Waals surface area contributed by atoms with Crippen LogP contribution in [-0.4, -0.2) is 57.0 Å². The molecule has 1 N–H and O–H groups in total. The Hall–Kier alpha value is -3.63. The van der Waals surface area contributed by atoms with Crippen LogP contribution in [0.5, 0.6) is 5.88 Å². The molecule has 0 aliphatic rings. The molecule has 2 amide bonds. The molecule has 2 atom stereocenters. The number of carbonyl (C=O) groups is 2. The average molecular weight is 492 g/mol. The summed E-state index contributed by atoms with van der Waals surface area (Å²) < 4.78 is 47.5. The molecule has 0 spiro atoms. The molecule has 188 valence electrons. The first kappa shape index (κ1) is 26.0. The molecule has 0 fully saturated rings. The molecule has 3 rings (SSSR count). The largest absolute Gasteiger partial charge is 0.478 e. The number of carbonyl (C=O) groups excluding carboxylic acids is 2. The number of aromatic nitrogens is 3. The van der Waals surface area contributed by atoms with E-state index in [4.69, 9.17) is 4.74 Å². The zero-order valence-corrected chi connectivity index (χ0v) is 20.0. The highest BCUT2D eigenvalue weighted by Gasteiger charge is 2.41. The van der Waals surface area contributed by atoms with E-state index in [1.165, 1.54) is 18.9 Å². The maximum absolute atomic E-state index is 13.4. The number of halogens is 3. The number of hydrogen-bond acceptors (Lipinski definition) is 5. The first-order valence-corrected chi connectivity index (χ1v) is 11.2. The predicted molar refractivity (Wildman–Crippen MR) is 124 cm³/mol. The van der Waals surface area contributed by atoms with Gasteiger partial charge < -0.3 is 24.1 Å². The van der Waals surface area contributed by atoms with Crippen molar-refractivity contribution >= 4 is 17.5 Å². The van der Waals surface area contributed by atoms with Gasteiger partial charge in [0.15, 0.2) is 5.65 Å². The normalized spacial score (nSPS) is 13.3. The van der Waals surface area contributed by atoms with Crippen molar-refractivity contribution in [2.24, 2.45) is 0 Å². The van der Waals surface area contributed by atoms with E-state index in [-0.39, 0.29) is 18.7 Å². The van der Waals surface area contributed by atoms with Crippen molar-refractivity contribution in [3.05, 3.63) is 48.4 Å². The van der Waals surface area contributed by atoms with Gasteiger partial charge in [-0.05, 0) is 38.8 Å². The maximum Gasteiger partial charge on any atom is 0.408 e. The van der Waals surface area contributed by atoms with E-state index in [1.807, 2.05) is 12.1 Å². The second-order valence-electron chi connectivity index (χ2n) is 8.17. The van der Waals surface area contributed by atoms with E-state index in [9.17, 15) is 22.8 Å². The van der Waals surface area contributed by atoms with Crippen LogP contribution in [0.3, 0.4) is 0 Å². The fourth-order valence-electron chi connectivity index (χ4n) is 3.81. The van der Waals surface area contributed by atoms with Crippen molar-refractivity contribution in [2.75, 3.05) is 13.7 Å². The van der Waals surface area contributed by atoms with Gasteiger partial charge in [0, 0.05) is 37.1 Å². The Morgan fingerprint density at radius 3 is 2.66 bits per heavy atom.